The number of ether oxygens (including phenoxy) is 1. The highest BCUT2D eigenvalue weighted by Gasteiger charge is 2.28. The number of hydrogen-bond acceptors (Lipinski definition) is 2. The van der Waals surface area contributed by atoms with E-state index >= 15 is 0 Å². The molecule has 3 rings (SSSR count). The monoisotopic (exact) mass is 313 g/mol. The molecule has 4 heteroatoms. The molecule has 1 atom stereocenters. The Labute approximate surface area is 135 Å². The van der Waals surface area contributed by atoms with E-state index in [-0.39, 0.29) is 17.8 Å². The SMILES string of the molecule is CCOc1ccc(C(=O)N2CCc3ccc(F)cc3C2C)cc1. The molecule has 0 fully saturated rings. The van der Waals surface area contributed by atoms with Crippen LogP contribution in [0.15, 0.2) is 42.5 Å². The van der Waals surface area contributed by atoms with Gasteiger partial charge in [-0.25, -0.2) is 4.39 Å². The van der Waals surface area contributed by atoms with Crippen molar-refractivity contribution in [1.82, 2.24) is 4.90 Å². The Morgan fingerprint density at radius 3 is 2.70 bits per heavy atom. The van der Waals surface area contributed by atoms with Gasteiger partial charge in [-0.2, -0.15) is 0 Å². The quantitative estimate of drug-likeness (QED) is 0.857. The smallest absolute Gasteiger partial charge is 0.254 e. The minimum absolute atomic E-state index is 0.0320. The summed E-state index contributed by atoms with van der Waals surface area (Å²) in [5.74, 6) is 0.463. The molecule has 2 aromatic carbocycles. The van der Waals surface area contributed by atoms with E-state index in [0.717, 1.165) is 23.3 Å². The first-order chi connectivity index (χ1) is 11.1. The molecule has 23 heavy (non-hydrogen) atoms. The summed E-state index contributed by atoms with van der Waals surface area (Å²) in [6.45, 7) is 5.11. The van der Waals surface area contributed by atoms with Crippen LogP contribution in [0.4, 0.5) is 4.39 Å². The molecule has 120 valence electrons. The predicted molar refractivity (Wildman–Crippen MR) is 87.2 cm³/mol. The highest BCUT2D eigenvalue weighted by Crippen LogP contribution is 2.31. The molecular weight excluding hydrogens is 293 g/mol. The van der Waals surface area contributed by atoms with Gasteiger partial charge in [-0.15, -0.1) is 0 Å². The Kier molecular flexibility index (Phi) is 4.33. The number of benzene rings is 2. The van der Waals surface area contributed by atoms with Gasteiger partial charge in [0.25, 0.3) is 5.91 Å². The molecule has 0 spiro atoms. The van der Waals surface area contributed by atoms with Crippen molar-refractivity contribution in [2.75, 3.05) is 13.2 Å². The van der Waals surface area contributed by atoms with Crippen LogP contribution < -0.4 is 4.74 Å². The van der Waals surface area contributed by atoms with Crippen LogP contribution in [-0.2, 0) is 6.42 Å². The first-order valence-corrected chi connectivity index (χ1v) is 7.92. The van der Waals surface area contributed by atoms with Crippen LogP contribution in [0, 0.1) is 5.82 Å². The van der Waals surface area contributed by atoms with E-state index in [2.05, 4.69) is 0 Å². The first kappa shape index (κ1) is 15.5. The molecule has 1 amide bonds. The normalized spacial score (nSPS) is 16.8. The second kappa shape index (κ2) is 6.41. The van der Waals surface area contributed by atoms with E-state index in [9.17, 15) is 9.18 Å². The Bertz CT molecular complexity index is 712. The number of halogens is 1. The van der Waals surface area contributed by atoms with Gasteiger partial charge >= 0.3 is 0 Å². The molecule has 2 aromatic rings. The third-order valence-electron chi connectivity index (χ3n) is 4.32. The molecule has 0 saturated heterocycles. The molecule has 0 aliphatic carbocycles. The van der Waals surface area contributed by atoms with Gasteiger partial charge in [-0.1, -0.05) is 6.07 Å². The second-order valence-electron chi connectivity index (χ2n) is 5.73. The minimum atomic E-state index is -0.258. The van der Waals surface area contributed by atoms with Crippen molar-refractivity contribution in [2.24, 2.45) is 0 Å². The molecule has 1 aliphatic heterocycles. The molecule has 0 aromatic heterocycles. The fourth-order valence-electron chi connectivity index (χ4n) is 3.09. The maximum Gasteiger partial charge on any atom is 0.254 e. The average molecular weight is 313 g/mol. The summed E-state index contributed by atoms with van der Waals surface area (Å²) < 4.78 is 18.9. The summed E-state index contributed by atoms with van der Waals surface area (Å²) in [5, 5.41) is 0. The van der Waals surface area contributed by atoms with Gasteiger partial charge in [0.1, 0.15) is 11.6 Å². The zero-order valence-corrected chi connectivity index (χ0v) is 13.4. The lowest BCUT2D eigenvalue weighted by Crippen LogP contribution is -2.38. The third kappa shape index (κ3) is 3.07. The number of carbonyl (C=O) groups excluding carboxylic acids is 1. The van der Waals surface area contributed by atoms with E-state index in [1.807, 2.05) is 19.9 Å². The molecule has 0 radical (unpaired) electrons. The molecule has 3 nitrogen and oxygen atoms in total. The first-order valence-electron chi connectivity index (χ1n) is 7.92. The van der Waals surface area contributed by atoms with Crippen molar-refractivity contribution in [3.63, 3.8) is 0 Å². The Balaban J connectivity index is 1.83. The zero-order valence-electron chi connectivity index (χ0n) is 13.4. The number of amides is 1. The van der Waals surface area contributed by atoms with Gasteiger partial charge < -0.3 is 9.64 Å². The van der Waals surface area contributed by atoms with Gasteiger partial charge in [-0.05, 0) is 67.8 Å². The van der Waals surface area contributed by atoms with Crippen molar-refractivity contribution in [3.05, 3.63) is 65.0 Å². The van der Waals surface area contributed by atoms with Crippen LogP contribution in [-0.4, -0.2) is 24.0 Å². The predicted octanol–water partition coefficient (Wildman–Crippen LogP) is 3.98. The third-order valence-corrected chi connectivity index (χ3v) is 4.32. The van der Waals surface area contributed by atoms with Crippen molar-refractivity contribution < 1.29 is 13.9 Å². The zero-order chi connectivity index (χ0) is 16.4. The summed E-state index contributed by atoms with van der Waals surface area (Å²) in [6, 6.07) is 11.9. The van der Waals surface area contributed by atoms with Gasteiger partial charge in [0, 0.05) is 12.1 Å². The maximum absolute atomic E-state index is 13.5. The Morgan fingerprint density at radius 2 is 2.00 bits per heavy atom. The van der Waals surface area contributed by atoms with Crippen molar-refractivity contribution in [2.45, 2.75) is 26.3 Å². The van der Waals surface area contributed by atoms with Crippen molar-refractivity contribution in [3.8, 4) is 5.75 Å². The largest absolute Gasteiger partial charge is 0.494 e. The maximum atomic E-state index is 13.5. The topological polar surface area (TPSA) is 29.5 Å². The summed E-state index contributed by atoms with van der Waals surface area (Å²) in [7, 11) is 0. The Morgan fingerprint density at radius 1 is 1.26 bits per heavy atom. The van der Waals surface area contributed by atoms with Crippen LogP contribution in [0.1, 0.15) is 41.4 Å². The molecule has 0 N–H and O–H groups in total. The van der Waals surface area contributed by atoms with E-state index in [0.29, 0.717) is 18.7 Å². The fraction of sp³-hybridized carbons (Fsp3) is 0.316. The van der Waals surface area contributed by atoms with Crippen LogP contribution in [0.3, 0.4) is 0 Å². The van der Waals surface area contributed by atoms with Crippen LogP contribution >= 0.6 is 0 Å². The number of rotatable bonds is 3. The molecule has 1 unspecified atom stereocenters. The lowest BCUT2D eigenvalue weighted by molar-refractivity contribution is 0.0677. The minimum Gasteiger partial charge on any atom is -0.494 e. The van der Waals surface area contributed by atoms with E-state index in [4.69, 9.17) is 4.74 Å². The molecule has 1 aliphatic rings. The lowest BCUT2D eigenvalue weighted by Gasteiger charge is -2.35. The van der Waals surface area contributed by atoms with Crippen LogP contribution in [0.2, 0.25) is 0 Å². The fourth-order valence-corrected chi connectivity index (χ4v) is 3.09. The molecule has 1 heterocycles. The highest BCUT2D eigenvalue weighted by molar-refractivity contribution is 5.94. The number of nitrogens with zero attached hydrogens (tertiary/aromatic N) is 1. The number of fused-ring (bicyclic) bond motifs is 1. The van der Waals surface area contributed by atoms with Crippen molar-refractivity contribution >= 4 is 5.91 Å². The summed E-state index contributed by atoms with van der Waals surface area (Å²) in [5.41, 5.74) is 2.64. The summed E-state index contributed by atoms with van der Waals surface area (Å²) >= 11 is 0. The standard InChI is InChI=1S/C19H20FNO2/c1-3-23-17-8-5-15(6-9-17)19(22)21-11-10-14-4-7-16(20)12-18(14)13(21)2/h4-9,12-13H,3,10-11H2,1-2H3. The van der Waals surface area contributed by atoms with Gasteiger partial charge in [0.05, 0.1) is 12.6 Å². The van der Waals surface area contributed by atoms with Gasteiger partial charge in [-0.3, -0.25) is 4.79 Å². The highest BCUT2D eigenvalue weighted by atomic mass is 19.1. The molecular formula is C19H20FNO2. The molecule has 0 saturated carbocycles. The van der Waals surface area contributed by atoms with Crippen molar-refractivity contribution in [1.29, 1.82) is 0 Å². The lowest BCUT2D eigenvalue weighted by atomic mass is 9.93. The van der Waals surface area contributed by atoms with E-state index < -0.39 is 0 Å². The number of carbonyl (C=O) groups is 1. The summed E-state index contributed by atoms with van der Waals surface area (Å²) in [4.78, 5) is 14.6. The van der Waals surface area contributed by atoms with Crippen LogP contribution in [0.5, 0.6) is 5.75 Å². The Hall–Kier alpha value is -2.36. The van der Waals surface area contributed by atoms with E-state index in [1.165, 1.54) is 12.1 Å². The number of hydrogen-bond donors (Lipinski definition) is 0. The molecule has 0 bridgehead atoms. The summed E-state index contributed by atoms with van der Waals surface area (Å²) in [6.07, 6.45) is 0.753. The van der Waals surface area contributed by atoms with Crippen LogP contribution in [0.25, 0.3) is 0 Å². The van der Waals surface area contributed by atoms with Gasteiger partial charge in [0.2, 0.25) is 0 Å². The second-order valence-corrected chi connectivity index (χ2v) is 5.73. The average Bonchev–Trinajstić information content (AvgIpc) is 2.56. The van der Waals surface area contributed by atoms with Gasteiger partial charge in [0.15, 0.2) is 0 Å². The van der Waals surface area contributed by atoms with E-state index in [1.54, 1.807) is 29.2 Å².